The van der Waals surface area contributed by atoms with Gasteiger partial charge in [0.05, 0.1) is 12.0 Å². The molecule has 0 amide bonds. The summed E-state index contributed by atoms with van der Waals surface area (Å²) in [5, 5.41) is 14.1. The first kappa shape index (κ1) is 28.2. The van der Waals surface area contributed by atoms with Crippen molar-refractivity contribution in [3.63, 3.8) is 0 Å². The van der Waals surface area contributed by atoms with Crippen LogP contribution in [0.15, 0.2) is 84.9 Å². The summed E-state index contributed by atoms with van der Waals surface area (Å²) in [6.07, 6.45) is 7.80. The lowest BCUT2D eigenvalue weighted by Crippen LogP contribution is -2.30. The van der Waals surface area contributed by atoms with Crippen molar-refractivity contribution in [3.8, 4) is 23.0 Å². The Bertz CT molecular complexity index is 1940. The molecule has 3 fully saturated rings. The predicted molar refractivity (Wildman–Crippen MR) is 181 cm³/mol. The predicted octanol–water partition coefficient (Wildman–Crippen LogP) is 9.04. The van der Waals surface area contributed by atoms with Crippen LogP contribution in [-0.4, -0.2) is 37.1 Å². The Hall–Kier alpha value is -4.06. The van der Waals surface area contributed by atoms with Crippen LogP contribution in [0.1, 0.15) is 73.6 Å². The third-order valence-corrected chi connectivity index (χ3v) is 10.9. The molecule has 4 unspecified atom stereocenters. The van der Waals surface area contributed by atoms with Crippen LogP contribution in [-0.2, 0) is 10.2 Å². The minimum absolute atomic E-state index is 0.0975. The first-order valence-corrected chi connectivity index (χ1v) is 17.0. The molecule has 2 saturated carbocycles. The molecule has 0 aromatic heterocycles. The van der Waals surface area contributed by atoms with Gasteiger partial charge in [0.15, 0.2) is 0 Å². The van der Waals surface area contributed by atoms with Gasteiger partial charge in [-0.15, -0.1) is 0 Å². The summed E-state index contributed by atoms with van der Waals surface area (Å²) in [6.45, 7) is 3.91. The van der Waals surface area contributed by atoms with Gasteiger partial charge < -0.3 is 24.1 Å². The highest BCUT2D eigenvalue weighted by molar-refractivity contribution is 5.97. The fourth-order valence-electron chi connectivity index (χ4n) is 8.08. The molecule has 1 N–H and O–H groups in total. The number of rotatable bonds is 8. The summed E-state index contributed by atoms with van der Waals surface area (Å²) in [6, 6.07) is 30.9. The van der Waals surface area contributed by atoms with E-state index >= 15 is 0 Å². The van der Waals surface area contributed by atoms with Crippen LogP contribution in [0.5, 0.6) is 23.0 Å². The first-order valence-electron chi connectivity index (χ1n) is 17.0. The number of epoxide rings is 1. The van der Waals surface area contributed by atoms with Gasteiger partial charge in [0.25, 0.3) is 0 Å². The van der Waals surface area contributed by atoms with E-state index in [-0.39, 0.29) is 24.7 Å². The summed E-state index contributed by atoms with van der Waals surface area (Å²) < 4.78 is 24.5. The second-order valence-corrected chi connectivity index (χ2v) is 13.9. The van der Waals surface area contributed by atoms with Gasteiger partial charge in [-0.1, -0.05) is 67.8 Å². The number of ether oxygens (including phenoxy) is 4. The van der Waals surface area contributed by atoms with Crippen molar-refractivity contribution >= 4 is 21.5 Å². The number of aliphatic hydroxyl groups excluding tert-OH is 1. The molecule has 0 spiro atoms. The second-order valence-electron chi connectivity index (χ2n) is 13.9. The van der Waals surface area contributed by atoms with Crippen LogP contribution in [0.3, 0.4) is 0 Å². The molecular weight excluding hydrogens is 572 g/mol. The Labute approximate surface area is 270 Å². The average molecular weight is 613 g/mol. The lowest BCUT2D eigenvalue weighted by Gasteiger charge is -2.40. The number of aliphatic hydroxyl groups is 1. The van der Waals surface area contributed by atoms with Crippen LogP contribution < -0.4 is 14.2 Å². The van der Waals surface area contributed by atoms with Gasteiger partial charge in [-0.25, -0.2) is 0 Å². The molecule has 5 nitrogen and oxygen atoms in total. The van der Waals surface area contributed by atoms with Gasteiger partial charge in [-0.2, -0.15) is 0 Å². The van der Waals surface area contributed by atoms with E-state index in [1.165, 1.54) is 54.4 Å². The summed E-state index contributed by atoms with van der Waals surface area (Å²) in [5.74, 6) is 4.38. The molecular formula is C41H40O5. The molecule has 4 atom stereocenters. The summed E-state index contributed by atoms with van der Waals surface area (Å²) in [5.41, 5.74) is 4.58. The Morgan fingerprint density at radius 1 is 0.783 bits per heavy atom. The summed E-state index contributed by atoms with van der Waals surface area (Å²) in [4.78, 5) is 0. The highest BCUT2D eigenvalue weighted by atomic mass is 16.6. The zero-order chi connectivity index (χ0) is 30.8. The van der Waals surface area contributed by atoms with Crippen molar-refractivity contribution < 1.29 is 24.1 Å². The molecule has 2 aliphatic carbocycles. The standard InChI is InChI=1S/C41H40O5/c1-41(30-11-7-26(8-12-30)25-5-3-2-4-6-25)39-34-15-13-31(43-23-33-24-44-33)19-27(34)9-17-36(39)46-37-18-10-28-20-32(14-16-35(28)40(37)41)45-38-21-29(38)22-42/h7-20,25,29,33,38,42H,2-6,21-24H2,1H3. The van der Waals surface area contributed by atoms with E-state index in [1.54, 1.807) is 0 Å². The van der Waals surface area contributed by atoms with Crippen molar-refractivity contribution in [1.29, 1.82) is 0 Å². The molecule has 0 radical (unpaired) electrons. The lowest BCUT2D eigenvalue weighted by atomic mass is 9.66. The van der Waals surface area contributed by atoms with Crippen LogP contribution in [0, 0.1) is 5.92 Å². The van der Waals surface area contributed by atoms with Crippen molar-refractivity contribution in [2.45, 2.75) is 69.0 Å². The first-order chi connectivity index (χ1) is 22.6. The van der Waals surface area contributed by atoms with Gasteiger partial charge in [0.1, 0.15) is 41.8 Å². The van der Waals surface area contributed by atoms with Crippen LogP contribution in [0.4, 0.5) is 0 Å². The van der Waals surface area contributed by atoms with E-state index in [9.17, 15) is 5.11 Å². The molecule has 5 aromatic rings. The molecule has 2 aliphatic heterocycles. The summed E-state index contributed by atoms with van der Waals surface area (Å²) in [7, 11) is 0. The molecule has 0 bridgehead atoms. The van der Waals surface area contributed by atoms with Gasteiger partial charge >= 0.3 is 0 Å². The molecule has 5 heteroatoms. The Balaban J connectivity index is 1.20. The van der Waals surface area contributed by atoms with Crippen LogP contribution in [0.2, 0.25) is 0 Å². The minimum Gasteiger partial charge on any atom is -0.491 e. The minimum atomic E-state index is -0.488. The number of hydrogen-bond acceptors (Lipinski definition) is 5. The number of hydrogen-bond donors (Lipinski definition) is 1. The molecule has 234 valence electrons. The van der Waals surface area contributed by atoms with Crippen LogP contribution in [0.25, 0.3) is 21.5 Å². The topological polar surface area (TPSA) is 60.5 Å². The highest BCUT2D eigenvalue weighted by Gasteiger charge is 2.43. The number of fused-ring (bicyclic) bond motifs is 6. The van der Waals surface area contributed by atoms with E-state index < -0.39 is 5.41 Å². The zero-order valence-corrected chi connectivity index (χ0v) is 26.3. The summed E-state index contributed by atoms with van der Waals surface area (Å²) >= 11 is 0. The van der Waals surface area contributed by atoms with Crippen molar-refractivity contribution in [2.75, 3.05) is 19.8 Å². The van der Waals surface area contributed by atoms with Crippen molar-refractivity contribution in [3.05, 3.63) is 107 Å². The van der Waals surface area contributed by atoms with E-state index in [4.69, 9.17) is 18.9 Å². The van der Waals surface area contributed by atoms with Crippen molar-refractivity contribution in [1.82, 2.24) is 0 Å². The monoisotopic (exact) mass is 612 g/mol. The van der Waals surface area contributed by atoms with Crippen LogP contribution >= 0.6 is 0 Å². The fourth-order valence-corrected chi connectivity index (χ4v) is 8.08. The smallest absolute Gasteiger partial charge is 0.132 e. The largest absolute Gasteiger partial charge is 0.491 e. The zero-order valence-electron chi connectivity index (χ0n) is 26.3. The van der Waals surface area contributed by atoms with E-state index in [1.807, 2.05) is 0 Å². The normalized spacial score (nSPS) is 25.0. The lowest BCUT2D eigenvalue weighted by molar-refractivity contribution is 0.224. The molecule has 46 heavy (non-hydrogen) atoms. The SMILES string of the molecule is CC1(c2ccc(C3CCCCC3)cc2)c2c(ccc3cc(OCC4CO4)ccc23)Oc2ccc3cc(OC4CC4CO)ccc3c21. The fraction of sp³-hybridized carbons (Fsp3) is 0.366. The third-order valence-electron chi connectivity index (χ3n) is 10.9. The maximum absolute atomic E-state index is 9.53. The maximum atomic E-state index is 9.53. The van der Waals surface area contributed by atoms with Gasteiger partial charge in [-0.05, 0) is 101 Å². The van der Waals surface area contributed by atoms with E-state index in [0.717, 1.165) is 57.6 Å². The third kappa shape index (κ3) is 4.83. The van der Waals surface area contributed by atoms with Gasteiger partial charge in [0.2, 0.25) is 0 Å². The quantitative estimate of drug-likeness (QED) is 0.177. The highest BCUT2D eigenvalue weighted by Crippen LogP contribution is 2.56. The molecule has 2 heterocycles. The molecule has 5 aromatic carbocycles. The maximum Gasteiger partial charge on any atom is 0.132 e. The van der Waals surface area contributed by atoms with E-state index in [0.29, 0.717) is 12.5 Å². The molecule has 4 aliphatic rings. The molecule has 9 rings (SSSR count). The Morgan fingerprint density at radius 2 is 1.43 bits per heavy atom. The Kier molecular flexibility index (Phi) is 6.76. The Morgan fingerprint density at radius 3 is 2.07 bits per heavy atom. The van der Waals surface area contributed by atoms with Gasteiger partial charge in [-0.3, -0.25) is 0 Å². The second kappa shape index (κ2) is 11.0. The van der Waals surface area contributed by atoms with Gasteiger partial charge in [0, 0.05) is 23.7 Å². The average Bonchev–Trinajstić information content (AvgIpc) is 4.04. The number of benzene rings is 5. The van der Waals surface area contributed by atoms with E-state index in [2.05, 4.69) is 91.9 Å². The van der Waals surface area contributed by atoms with Crippen molar-refractivity contribution in [2.24, 2.45) is 5.92 Å². The molecule has 1 saturated heterocycles.